The second-order valence-electron chi connectivity index (χ2n) is 7.12. The van der Waals surface area contributed by atoms with Crippen LogP contribution in [-0.2, 0) is 6.42 Å². The number of fused-ring (bicyclic) bond motifs is 3. The zero-order valence-corrected chi connectivity index (χ0v) is 12.6. The molecule has 0 saturated heterocycles. The molecule has 0 heterocycles. The van der Waals surface area contributed by atoms with Gasteiger partial charge in [-0.1, -0.05) is 57.2 Å². The third kappa shape index (κ3) is 2.51. The summed E-state index contributed by atoms with van der Waals surface area (Å²) >= 11 is 0. The zero-order chi connectivity index (χ0) is 14.3. The summed E-state index contributed by atoms with van der Waals surface area (Å²) in [5.74, 6) is 0. The van der Waals surface area contributed by atoms with Crippen LogP contribution in [0.3, 0.4) is 0 Å². The minimum Gasteiger partial charge on any atom is -0.324 e. The van der Waals surface area contributed by atoms with Gasteiger partial charge < -0.3 is 5.73 Å². The lowest BCUT2D eigenvalue weighted by molar-refractivity contribution is 0.343. The molecule has 1 unspecified atom stereocenters. The highest BCUT2D eigenvalue weighted by atomic mass is 14.6. The van der Waals surface area contributed by atoms with Gasteiger partial charge in [0.1, 0.15) is 0 Å². The second kappa shape index (κ2) is 4.75. The van der Waals surface area contributed by atoms with Gasteiger partial charge in [-0.25, -0.2) is 0 Å². The standard InChI is InChI=1S/C19H23N/c1-19(2,3)12-18(20)15-9-8-14-10-13-6-4-5-7-16(13)17(14)11-15/h4-9,11,18H,10,12,20H2,1-3H3. The van der Waals surface area contributed by atoms with Gasteiger partial charge in [-0.15, -0.1) is 0 Å². The molecule has 1 heteroatoms. The Labute approximate surface area is 121 Å². The van der Waals surface area contributed by atoms with Gasteiger partial charge in [0.15, 0.2) is 0 Å². The Kier molecular flexibility index (Phi) is 3.18. The SMILES string of the molecule is CC(C)(C)CC(N)c1ccc2c(c1)-c1ccccc1C2. The zero-order valence-electron chi connectivity index (χ0n) is 12.6. The molecule has 1 atom stereocenters. The maximum absolute atomic E-state index is 6.40. The molecule has 2 N–H and O–H groups in total. The average Bonchev–Trinajstić information content (AvgIpc) is 2.74. The van der Waals surface area contributed by atoms with Crippen LogP contribution in [0.15, 0.2) is 42.5 Å². The van der Waals surface area contributed by atoms with Crippen molar-refractivity contribution >= 4 is 0 Å². The van der Waals surface area contributed by atoms with Gasteiger partial charge in [0, 0.05) is 6.04 Å². The van der Waals surface area contributed by atoms with Crippen molar-refractivity contribution in [2.75, 3.05) is 0 Å². The van der Waals surface area contributed by atoms with E-state index in [9.17, 15) is 0 Å². The Morgan fingerprint density at radius 2 is 1.70 bits per heavy atom. The van der Waals surface area contributed by atoms with E-state index >= 15 is 0 Å². The first-order chi connectivity index (χ1) is 9.44. The predicted octanol–water partition coefficient (Wildman–Crippen LogP) is 4.69. The van der Waals surface area contributed by atoms with E-state index in [1.807, 2.05) is 0 Å². The Balaban J connectivity index is 1.95. The highest BCUT2D eigenvalue weighted by Gasteiger charge is 2.21. The Hall–Kier alpha value is -1.60. The molecule has 3 rings (SSSR count). The summed E-state index contributed by atoms with van der Waals surface area (Å²) in [7, 11) is 0. The molecule has 0 radical (unpaired) electrons. The molecule has 20 heavy (non-hydrogen) atoms. The molecular formula is C19H23N. The summed E-state index contributed by atoms with van der Waals surface area (Å²) in [6.45, 7) is 6.74. The average molecular weight is 265 g/mol. The molecular weight excluding hydrogens is 242 g/mol. The van der Waals surface area contributed by atoms with Crippen LogP contribution >= 0.6 is 0 Å². The van der Waals surface area contributed by atoms with Crippen molar-refractivity contribution in [3.05, 3.63) is 59.2 Å². The normalized spacial score (nSPS) is 14.8. The highest BCUT2D eigenvalue weighted by Crippen LogP contribution is 2.38. The molecule has 0 fully saturated rings. The van der Waals surface area contributed by atoms with Gasteiger partial charge >= 0.3 is 0 Å². The van der Waals surface area contributed by atoms with Crippen molar-refractivity contribution in [3.63, 3.8) is 0 Å². The van der Waals surface area contributed by atoms with Gasteiger partial charge in [-0.3, -0.25) is 0 Å². The van der Waals surface area contributed by atoms with Gasteiger partial charge in [-0.05, 0) is 52.1 Å². The summed E-state index contributed by atoms with van der Waals surface area (Å²) in [5, 5.41) is 0. The number of nitrogens with two attached hydrogens (primary N) is 1. The lowest BCUT2D eigenvalue weighted by Crippen LogP contribution is -2.18. The van der Waals surface area contributed by atoms with Gasteiger partial charge in [0.2, 0.25) is 0 Å². The van der Waals surface area contributed by atoms with E-state index in [0.29, 0.717) is 0 Å². The van der Waals surface area contributed by atoms with Crippen LogP contribution < -0.4 is 5.73 Å². The largest absolute Gasteiger partial charge is 0.324 e. The third-order valence-corrected chi connectivity index (χ3v) is 4.08. The molecule has 0 saturated carbocycles. The fraction of sp³-hybridized carbons (Fsp3) is 0.368. The summed E-state index contributed by atoms with van der Waals surface area (Å²) in [5.41, 5.74) is 13.5. The van der Waals surface area contributed by atoms with Crippen molar-refractivity contribution in [1.29, 1.82) is 0 Å². The molecule has 2 aromatic carbocycles. The number of benzene rings is 2. The fourth-order valence-corrected chi connectivity index (χ4v) is 3.15. The van der Waals surface area contributed by atoms with Crippen LogP contribution in [0.5, 0.6) is 0 Å². The Morgan fingerprint density at radius 3 is 2.45 bits per heavy atom. The second-order valence-corrected chi connectivity index (χ2v) is 7.12. The minimum atomic E-state index is 0.119. The van der Waals surface area contributed by atoms with Crippen LogP contribution in [-0.4, -0.2) is 0 Å². The van der Waals surface area contributed by atoms with E-state index in [2.05, 4.69) is 63.2 Å². The van der Waals surface area contributed by atoms with Crippen LogP contribution in [0.2, 0.25) is 0 Å². The van der Waals surface area contributed by atoms with Crippen molar-refractivity contribution < 1.29 is 0 Å². The first-order valence-corrected chi connectivity index (χ1v) is 7.41. The molecule has 1 aliphatic rings. The quantitative estimate of drug-likeness (QED) is 0.714. The summed E-state index contributed by atoms with van der Waals surface area (Å²) < 4.78 is 0. The minimum absolute atomic E-state index is 0.119. The van der Waals surface area contributed by atoms with Gasteiger partial charge in [0.25, 0.3) is 0 Å². The van der Waals surface area contributed by atoms with E-state index in [4.69, 9.17) is 5.73 Å². The van der Waals surface area contributed by atoms with Crippen LogP contribution in [0.25, 0.3) is 11.1 Å². The molecule has 0 amide bonds. The summed E-state index contributed by atoms with van der Waals surface area (Å²) in [4.78, 5) is 0. The van der Waals surface area contributed by atoms with E-state index < -0.39 is 0 Å². The molecule has 104 valence electrons. The molecule has 1 nitrogen and oxygen atoms in total. The first-order valence-electron chi connectivity index (χ1n) is 7.41. The van der Waals surface area contributed by atoms with Crippen molar-refractivity contribution in [1.82, 2.24) is 0 Å². The molecule has 0 aromatic heterocycles. The molecule has 1 aliphatic carbocycles. The summed E-state index contributed by atoms with van der Waals surface area (Å²) in [6, 6.07) is 15.6. The number of rotatable bonds is 2. The topological polar surface area (TPSA) is 26.0 Å². The summed E-state index contributed by atoms with van der Waals surface area (Å²) in [6.07, 6.45) is 2.06. The fourth-order valence-electron chi connectivity index (χ4n) is 3.15. The lowest BCUT2D eigenvalue weighted by atomic mass is 9.85. The monoisotopic (exact) mass is 265 g/mol. The number of hydrogen-bond acceptors (Lipinski definition) is 1. The van der Waals surface area contributed by atoms with Gasteiger partial charge in [0.05, 0.1) is 0 Å². The Morgan fingerprint density at radius 1 is 1.00 bits per heavy atom. The highest BCUT2D eigenvalue weighted by molar-refractivity contribution is 5.77. The van der Waals surface area contributed by atoms with Crippen molar-refractivity contribution in [2.45, 2.75) is 39.7 Å². The van der Waals surface area contributed by atoms with E-state index in [1.54, 1.807) is 0 Å². The maximum atomic E-state index is 6.40. The molecule has 2 aromatic rings. The molecule has 0 aliphatic heterocycles. The van der Waals surface area contributed by atoms with Crippen LogP contribution in [0.1, 0.15) is 49.9 Å². The van der Waals surface area contributed by atoms with Gasteiger partial charge in [-0.2, -0.15) is 0 Å². The van der Waals surface area contributed by atoms with E-state index in [-0.39, 0.29) is 11.5 Å². The predicted molar refractivity (Wildman–Crippen MR) is 85.7 cm³/mol. The third-order valence-electron chi connectivity index (χ3n) is 4.08. The smallest absolute Gasteiger partial charge is 0.0300 e. The van der Waals surface area contributed by atoms with Crippen molar-refractivity contribution in [2.24, 2.45) is 11.1 Å². The van der Waals surface area contributed by atoms with E-state index in [1.165, 1.54) is 27.8 Å². The number of hydrogen-bond donors (Lipinski definition) is 1. The molecule has 0 spiro atoms. The van der Waals surface area contributed by atoms with Crippen molar-refractivity contribution in [3.8, 4) is 11.1 Å². The van der Waals surface area contributed by atoms with Crippen LogP contribution in [0.4, 0.5) is 0 Å². The lowest BCUT2D eigenvalue weighted by Gasteiger charge is -2.23. The van der Waals surface area contributed by atoms with E-state index in [0.717, 1.165) is 12.8 Å². The first kappa shape index (κ1) is 13.4. The molecule has 0 bridgehead atoms. The maximum Gasteiger partial charge on any atom is 0.0300 e. The Bertz CT molecular complexity index is 634. The van der Waals surface area contributed by atoms with Crippen LogP contribution in [0, 0.1) is 5.41 Å².